The Hall–Kier alpha value is -6.72. The molecular weight excluding hydrogens is 601 g/mol. The molecule has 0 spiro atoms. The lowest BCUT2D eigenvalue weighted by atomic mass is 9.91. The third kappa shape index (κ3) is 3.70. The van der Waals surface area contributed by atoms with E-state index in [9.17, 15) is 0 Å². The summed E-state index contributed by atoms with van der Waals surface area (Å²) in [5.74, 6) is 0.604. The summed E-state index contributed by atoms with van der Waals surface area (Å²) < 4.78 is 8.94. The molecule has 0 N–H and O–H groups in total. The van der Waals surface area contributed by atoms with Gasteiger partial charge in [-0.25, -0.2) is 9.97 Å². The van der Waals surface area contributed by atoms with Crippen molar-refractivity contribution < 1.29 is 4.42 Å². The van der Waals surface area contributed by atoms with Crippen LogP contribution in [0.25, 0.3) is 82.7 Å². The topological polar surface area (TPSA) is 47.1 Å². The van der Waals surface area contributed by atoms with E-state index in [0.717, 1.165) is 61.4 Å². The predicted octanol–water partition coefficient (Wildman–Crippen LogP) is 11.7. The maximum absolute atomic E-state index is 6.60. The number of nitrogens with zero attached hydrogens (tertiary/aromatic N) is 4. The third-order valence-corrected chi connectivity index (χ3v) is 9.93. The first-order valence-electron chi connectivity index (χ1n) is 16.5. The van der Waals surface area contributed by atoms with Crippen molar-refractivity contribution in [3.63, 3.8) is 0 Å². The zero-order chi connectivity index (χ0) is 32.1. The van der Waals surface area contributed by atoms with E-state index in [1.807, 2.05) is 18.2 Å². The van der Waals surface area contributed by atoms with E-state index in [4.69, 9.17) is 14.4 Å². The molecule has 4 heterocycles. The average molecular weight is 627 g/mol. The van der Waals surface area contributed by atoms with Gasteiger partial charge in [0.15, 0.2) is 5.58 Å². The van der Waals surface area contributed by atoms with Crippen molar-refractivity contribution in [1.82, 2.24) is 14.5 Å². The van der Waals surface area contributed by atoms with Gasteiger partial charge in [0.25, 0.3) is 0 Å². The van der Waals surface area contributed by atoms with E-state index >= 15 is 0 Å². The van der Waals surface area contributed by atoms with Crippen molar-refractivity contribution in [3.05, 3.63) is 158 Å². The second-order valence-electron chi connectivity index (χ2n) is 12.6. The molecule has 228 valence electrons. The Labute approximate surface area is 280 Å². The van der Waals surface area contributed by atoms with Crippen molar-refractivity contribution in [2.24, 2.45) is 0 Å². The quantitative estimate of drug-likeness (QED) is 0.196. The number of anilines is 3. The van der Waals surface area contributed by atoms with Gasteiger partial charge in [0, 0.05) is 38.4 Å². The number of rotatable bonds is 3. The Morgan fingerprint density at radius 2 is 1.22 bits per heavy atom. The fourth-order valence-electron chi connectivity index (χ4n) is 7.82. The molecule has 0 bridgehead atoms. The van der Waals surface area contributed by atoms with Gasteiger partial charge in [-0.1, -0.05) is 109 Å². The normalized spacial score (nSPS) is 12.4. The lowest BCUT2D eigenvalue weighted by Gasteiger charge is -2.32. The van der Waals surface area contributed by atoms with E-state index in [1.54, 1.807) is 0 Å². The number of hydrogen-bond acceptors (Lipinski definition) is 4. The Bertz CT molecular complexity index is 2950. The van der Waals surface area contributed by atoms with Crippen LogP contribution >= 0.6 is 0 Å². The smallest absolute Gasteiger partial charge is 0.236 e. The van der Waals surface area contributed by atoms with E-state index in [-0.39, 0.29) is 0 Å². The molecule has 0 radical (unpaired) electrons. The summed E-state index contributed by atoms with van der Waals surface area (Å²) in [6.07, 6.45) is 0. The van der Waals surface area contributed by atoms with Gasteiger partial charge >= 0.3 is 0 Å². The van der Waals surface area contributed by atoms with Crippen molar-refractivity contribution in [3.8, 4) is 28.1 Å². The highest BCUT2D eigenvalue weighted by Crippen LogP contribution is 2.50. The Kier molecular flexibility index (Phi) is 5.32. The molecule has 7 aromatic carbocycles. The van der Waals surface area contributed by atoms with Crippen LogP contribution in [-0.2, 0) is 0 Å². The van der Waals surface area contributed by atoms with Crippen LogP contribution in [0.4, 0.5) is 17.3 Å². The fourth-order valence-corrected chi connectivity index (χ4v) is 7.82. The molecule has 1 aliphatic rings. The highest BCUT2D eigenvalue weighted by Gasteiger charge is 2.29. The molecule has 0 saturated carbocycles. The highest BCUT2D eigenvalue weighted by molar-refractivity contribution is 6.15. The number of hydrogen-bond donors (Lipinski definition) is 0. The standard InChI is InChI=1S/C44H26N4O/c1-2-14-29(15-3-1)47-35-20-7-4-16-30(35)32-25-24-28(26-38(32)47)41-43-42(34-18-6-9-23-39(34)49-43)46-44(45-41)48-36-21-8-5-17-31(36)33-19-10-12-27-13-11-22-37(48)40(27)33/h1-26H. The predicted molar refractivity (Wildman–Crippen MR) is 200 cm³/mol. The van der Waals surface area contributed by atoms with Crippen molar-refractivity contribution in [2.75, 3.05) is 4.90 Å². The second kappa shape index (κ2) is 9.89. The minimum Gasteiger partial charge on any atom is -0.452 e. The zero-order valence-electron chi connectivity index (χ0n) is 26.2. The summed E-state index contributed by atoms with van der Waals surface area (Å²) in [6.45, 7) is 0. The summed E-state index contributed by atoms with van der Waals surface area (Å²) in [6, 6.07) is 55.4. The largest absolute Gasteiger partial charge is 0.452 e. The molecule has 3 aromatic heterocycles. The van der Waals surface area contributed by atoms with Crippen molar-refractivity contribution in [1.29, 1.82) is 0 Å². The van der Waals surface area contributed by atoms with Crippen molar-refractivity contribution in [2.45, 2.75) is 0 Å². The third-order valence-electron chi connectivity index (χ3n) is 9.93. The first-order chi connectivity index (χ1) is 24.3. The molecule has 10 aromatic rings. The first kappa shape index (κ1) is 26.4. The summed E-state index contributed by atoms with van der Waals surface area (Å²) in [4.78, 5) is 13.0. The summed E-state index contributed by atoms with van der Waals surface area (Å²) in [5.41, 5.74) is 11.8. The van der Waals surface area contributed by atoms with E-state index in [2.05, 4.69) is 149 Å². The number of furan rings is 1. The number of benzene rings is 7. The summed E-state index contributed by atoms with van der Waals surface area (Å²) in [7, 11) is 0. The van der Waals surface area contributed by atoms with Crippen molar-refractivity contribution >= 4 is 72.0 Å². The molecule has 0 unspecified atom stereocenters. The second-order valence-corrected chi connectivity index (χ2v) is 12.6. The Balaban J connectivity index is 1.23. The molecule has 0 saturated heterocycles. The van der Waals surface area contributed by atoms with E-state index in [1.165, 1.54) is 27.1 Å². The van der Waals surface area contributed by atoms with Gasteiger partial charge in [0.05, 0.1) is 22.4 Å². The van der Waals surface area contributed by atoms with E-state index in [0.29, 0.717) is 11.5 Å². The van der Waals surface area contributed by atoms with Crippen LogP contribution in [0.2, 0.25) is 0 Å². The fraction of sp³-hybridized carbons (Fsp3) is 0. The van der Waals surface area contributed by atoms with Gasteiger partial charge in [0.1, 0.15) is 16.8 Å². The maximum atomic E-state index is 6.60. The molecule has 5 nitrogen and oxygen atoms in total. The summed E-state index contributed by atoms with van der Waals surface area (Å²) >= 11 is 0. The Morgan fingerprint density at radius 1 is 0.510 bits per heavy atom. The molecule has 1 aliphatic heterocycles. The maximum Gasteiger partial charge on any atom is 0.236 e. The van der Waals surface area contributed by atoms with Gasteiger partial charge in [-0.15, -0.1) is 0 Å². The minimum absolute atomic E-state index is 0.604. The number of fused-ring (bicyclic) bond motifs is 8. The molecule has 0 amide bonds. The van der Waals surface area contributed by atoms with Gasteiger partial charge in [-0.3, -0.25) is 4.90 Å². The SMILES string of the molecule is c1ccc(-n2c3ccccc3c3ccc(-c4nc(N5c6ccccc6-c6cccc7cccc5c67)nc5c4oc4ccccc45)cc32)cc1. The average Bonchev–Trinajstić information content (AvgIpc) is 3.71. The van der Waals surface area contributed by atoms with Crippen LogP contribution in [0.1, 0.15) is 0 Å². The monoisotopic (exact) mass is 626 g/mol. The van der Waals surface area contributed by atoms with E-state index < -0.39 is 0 Å². The Morgan fingerprint density at radius 3 is 2.14 bits per heavy atom. The van der Waals surface area contributed by atoms with Gasteiger partial charge in [-0.05, 0) is 59.5 Å². The highest BCUT2D eigenvalue weighted by atomic mass is 16.3. The van der Waals surface area contributed by atoms with Crippen LogP contribution in [0.5, 0.6) is 0 Å². The molecule has 11 rings (SSSR count). The molecular formula is C44H26N4O. The van der Waals surface area contributed by atoms with Gasteiger partial charge in [-0.2, -0.15) is 0 Å². The van der Waals surface area contributed by atoms with Crippen LogP contribution in [0.15, 0.2) is 162 Å². The van der Waals surface area contributed by atoms with Gasteiger partial charge < -0.3 is 8.98 Å². The lowest BCUT2D eigenvalue weighted by Crippen LogP contribution is -2.17. The molecule has 0 atom stereocenters. The lowest BCUT2D eigenvalue weighted by molar-refractivity contribution is 0.667. The molecule has 0 aliphatic carbocycles. The minimum atomic E-state index is 0.604. The number of aromatic nitrogens is 3. The van der Waals surface area contributed by atoms with Crippen LogP contribution in [0.3, 0.4) is 0 Å². The van der Waals surface area contributed by atoms with Gasteiger partial charge in [0.2, 0.25) is 5.95 Å². The van der Waals surface area contributed by atoms with Crippen LogP contribution in [0, 0.1) is 0 Å². The molecule has 5 heteroatoms. The number of para-hydroxylation sites is 4. The molecule has 0 fully saturated rings. The van der Waals surface area contributed by atoms with Crippen LogP contribution < -0.4 is 4.90 Å². The summed E-state index contributed by atoms with van der Waals surface area (Å²) in [5, 5.41) is 5.74. The first-order valence-corrected chi connectivity index (χ1v) is 16.5. The molecule has 49 heavy (non-hydrogen) atoms. The van der Waals surface area contributed by atoms with Crippen LogP contribution in [-0.4, -0.2) is 14.5 Å². The zero-order valence-corrected chi connectivity index (χ0v) is 26.2.